The lowest BCUT2D eigenvalue weighted by atomic mass is 10.0. The van der Waals surface area contributed by atoms with Crippen molar-refractivity contribution in [1.82, 2.24) is 9.88 Å². The standard InChI is InChI=1S/C17H32N4/c1-7-16(18)10-15-9-13(3)17(19-11-15)21(8-2)14(4)12-20(5)6/h9,11,14,16H,7-8,10,12,18H2,1-6H3. The van der Waals surface area contributed by atoms with Crippen LogP contribution >= 0.6 is 0 Å². The van der Waals surface area contributed by atoms with E-state index in [0.29, 0.717) is 6.04 Å². The summed E-state index contributed by atoms with van der Waals surface area (Å²) in [6, 6.07) is 2.91. The smallest absolute Gasteiger partial charge is 0.131 e. The third-order valence-corrected chi connectivity index (χ3v) is 3.90. The molecular formula is C17H32N4. The van der Waals surface area contributed by atoms with Crippen LogP contribution in [0.2, 0.25) is 0 Å². The van der Waals surface area contributed by atoms with Gasteiger partial charge in [0.25, 0.3) is 0 Å². The highest BCUT2D eigenvalue weighted by Gasteiger charge is 2.17. The molecular weight excluding hydrogens is 260 g/mol. The van der Waals surface area contributed by atoms with Crippen LogP contribution in [0.15, 0.2) is 12.3 Å². The van der Waals surface area contributed by atoms with Gasteiger partial charge in [-0.3, -0.25) is 0 Å². The molecule has 1 rings (SSSR count). The summed E-state index contributed by atoms with van der Waals surface area (Å²) in [7, 11) is 4.22. The lowest BCUT2D eigenvalue weighted by Gasteiger charge is -2.32. The number of pyridine rings is 1. The van der Waals surface area contributed by atoms with Gasteiger partial charge in [-0.25, -0.2) is 4.98 Å². The zero-order chi connectivity index (χ0) is 16.0. The Hall–Kier alpha value is -1.13. The number of nitrogens with zero attached hydrogens (tertiary/aromatic N) is 3. The van der Waals surface area contributed by atoms with Crippen LogP contribution in [-0.2, 0) is 6.42 Å². The number of hydrogen-bond donors (Lipinski definition) is 1. The first-order valence-electron chi connectivity index (χ1n) is 8.01. The second-order valence-corrected chi connectivity index (χ2v) is 6.25. The first-order valence-corrected chi connectivity index (χ1v) is 8.01. The van der Waals surface area contributed by atoms with Gasteiger partial charge in [-0.15, -0.1) is 0 Å². The molecule has 4 nitrogen and oxygen atoms in total. The number of aryl methyl sites for hydroxylation is 1. The van der Waals surface area contributed by atoms with E-state index in [1.54, 1.807) is 0 Å². The van der Waals surface area contributed by atoms with Crippen molar-refractivity contribution in [2.75, 3.05) is 32.1 Å². The van der Waals surface area contributed by atoms with Gasteiger partial charge in [-0.1, -0.05) is 13.0 Å². The van der Waals surface area contributed by atoms with Crippen molar-refractivity contribution in [3.63, 3.8) is 0 Å². The molecule has 0 spiro atoms. The zero-order valence-corrected chi connectivity index (χ0v) is 14.6. The summed E-state index contributed by atoms with van der Waals surface area (Å²) in [5.74, 6) is 1.10. The zero-order valence-electron chi connectivity index (χ0n) is 14.6. The molecule has 0 aliphatic rings. The van der Waals surface area contributed by atoms with Crippen molar-refractivity contribution in [3.05, 3.63) is 23.4 Å². The molecule has 0 aromatic carbocycles. The Morgan fingerprint density at radius 1 is 1.29 bits per heavy atom. The highest BCUT2D eigenvalue weighted by molar-refractivity contribution is 5.48. The lowest BCUT2D eigenvalue weighted by Crippen LogP contribution is -2.41. The largest absolute Gasteiger partial charge is 0.353 e. The van der Waals surface area contributed by atoms with E-state index in [2.05, 4.69) is 57.7 Å². The van der Waals surface area contributed by atoms with E-state index in [0.717, 1.165) is 31.7 Å². The van der Waals surface area contributed by atoms with E-state index in [4.69, 9.17) is 10.7 Å². The highest BCUT2D eigenvalue weighted by atomic mass is 15.2. The summed E-state index contributed by atoms with van der Waals surface area (Å²) in [5.41, 5.74) is 8.52. The third kappa shape index (κ3) is 5.29. The number of nitrogens with two attached hydrogens (primary N) is 1. The minimum atomic E-state index is 0.229. The van der Waals surface area contributed by atoms with Crippen LogP contribution in [0.25, 0.3) is 0 Å². The molecule has 21 heavy (non-hydrogen) atoms. The average Bonchev–Trinajstić information content (AvgIpc) is 2.41. The second-order valence-electron chi connectivity index (χ2n) is 6.25. The molecule has 0 aliphatic carbocycles. The summed E-state index contributed by atoms with van der Waals surface area (Å²) in [5, 5.41) is 0. The molecule has 0 radical (unpaired) electrons. The van der Waals surface area contributed by atoms with E-state index >= 15 is 0 Å². The Morgan fingerprint density at radius 2 is 1.95 bits per heavy atom. The SMILES string of the molecule is CCC(N)Cc1cnc(N(CC)C(C)CN(C)C)c(C)c1. The second kappa shape index (κ2) is 8.35. The first-order chi connectivity index (χ1) is 9.88. The number of rotatable bonds is 8. The van der Waals surface area contributed by atoms with E-state index in [1.165, 1.54) is 11.1 Å². The maximum atomic E-state index is 6.04. The summed E-state index contributed by atoms with van der Waals surface area (Å²) in [6.45, 7) is 10.7. The molecule has 4 heteroatoms. The molecule has 0 aliphatic heterocycles. The fourth-order valence-electron chi connectivity index (χ4n) is 2.78. The third-order valence-electron chi connectivity index (χ3n) is 3.90. The predicted molar refractivity (Wildman–Crippen MR) is 92.0 cm³/mol. The van der Waals surface area contributed by atoms with Crippen LogP contribution in [0.4, 0.5) is 5.82 Å². The van der Waals surface area contributed by atoms with Crippen molar-refractivity contribution >= 4 is 5.82 Å². The van der Waals surface area contributed by atoms with Crippen LogP contribution in [0.1, 0.15) is 38.3 Å². The van der Waals surface area contributed by atoms with E-state index < -0.39 is 0 Å². The van der Waals surface area contributed by atoms with Gasteiger partial charge in [0.2, 0.25) is 0 Å². The summed E-state index contributed by atoms with van der Waals surface area (Å²) in [4.78, 5) is 9.31. The van der Waals surface area contributed by atoms with E-state index in [-0.39, 0.29) is 6.04 Å². The van der Waals surface area contributed by atoms with Crippen LogP contribution in [0.3, 0.4) is 0 Å². The molecule has 1 aromatic rings. The monoisotopic (exact) mass is 292 g/mol. The summed E-state index contributed by atoms with van der Waals surface area (Å²) in [6.07, 6.45) is 3.90. The molecule has 2 unspecified atom stereocenters. The molecule has 1 heterocycles. The summed E-state index contributed by atoms with van der Waals surface area (Å²) >= 11 is 0. The number of likely N-dealkylation sites (N-methyl/N-ethyl adjacent to an activating group) is 2. The average molecular weight is 292 g/mol. The Balaban J connectivity index is 2.90. The van der Waals surface area contributed by atoms with E-state index in [9.17, 15) is 0 Å². The molecule has 0 bridgehead atoms. The molecule has 1 aromatic heterocycles. The van der Waals surface area contributed by atoms with Crippen LogP contribution in [0.5, 0.6) is 0 Å². The van der Waals surface area contributed by atoms with Gasteiger partial charge < -0.3 is 15.5 Å². The topological polar surface area (TPSA) is 45.4 Å². The van der Waals surface area contributed by atoms with Gasteiger partial charge >= 0.3 is 0 Å². The minimum absolute atomic E-state index is 0.229. The molecule has 0 saturated carbocycles. The van der Waals surface area contributed by atoms with Crippen molar-refractivity contribution < 1.29 is 0 Å². The Labute approximate surface area is 130 Å². The van der Waals surface area contributed by atoms with Crippen LogP contribution in [0, 0.1) is 6.92 Å². The lowest BCUT2D eigenvalue weighted by molar-refractivity contribution is 0.372. The minimum Gasteiger partial charge on any atom is -0.353 e. The van der Waals surface area contributed by atoms with Crippen LogP contribution in [-0.4, -0.2) is 49.2 Å². The van der Waals surface area contributed by atoms with Gasteiger partial charge in [-0.2, -0.15) is 0 Å². The fraction of sp³-hybridized carbons (Fsp3) is 0.706. The predicted octanol–water partition coefficient (Wildman–Crippen LogP) is 2.45. The van der Waals surface area contributed by atoms with E-state index in [1.807, 2.05) is 6.20 Å². The van der Waals surface area contributed by atoms with Crippen molar-refractivity contribution in [3.8, 4) is 0 Å². The molecule has 0 amide bonds. The molecule has 120 valence electrons. The van der Waals surface area contributed by atoms with Gasteiger partial charge in [-0.05, 0) is 58.8 Å². The molecule has 0 fully saturated rings. The number of aromatic nitrogens is 1. The summed E-state index contributed by atoms with van der Waals surface area (Å²) < 4.78 is 0. The maximum absolute atomic E-state index is 6.04. The van der Waals surface area contributed by atoms with Gasteiger partial charge in [0.1, 0.15) is 5.82 Å². The molecule has 2 atom stereocenters. The number of hydrogen-bond acceptors (Lipinski definition) is 4. The van der Waals surface area contributed by atoms with Gasteiger partial charge in [0.05, 0.1) is 0 Å². The highest BCUT2D eigenvalue weighted by Crippen LogP contribution is 2.21. The Kier molecular flexibility index (Phi) is 7.12. The van der Waals surface area contributed by atoms with Crippen molar-refractivity contribution in [2.24, 2.45) is 5.73 Å². The Morgan fingerprint density at radius 3 is 2.43 bits per heavy atom. The Bertz CT molecular complexity index is 431. The van der Waals surface area contributed by atoms with Gasteiger partial charge in [0, 0.05) is 31.4 Å². The van der Waals surface area contributed by atoms with Gasteiger partial charge in [0.15, 0.2) is 0 Å². The fourth-order valence-corrected chi connectivity index (χ4v) is 2.78. The van der Waals surface area contributed by atoms with Crippen LogP contribution < -0.4 is 10.6 Å². The molecule has 2 N–H and O–H groups in total. The van der Waals surface area contributed by atoms with Crippen molar-refractivity contribution in [2.45, 2.75) is 52.6 Å². The quantitative estimate of drug-likeness (QED) is 0.799. The first kappa shape index (κ1) is 17.9. The van der Waals surface area contributed by atoms with Crippen molar-refractivity contribution in [1.29, 1.82) is 0 Å². The molecule has 0 saturated heterocycles. The maximum Gasteiger partial charge on any atom is 0.131 e. The number of anilines is 1. The normalized spacial score (nSPS) is 14.3.